The summed E-state index contributed by atoms with van der Waals surface area (Å²) in [6.45, 7) is 7.10. The van der Waals surface area contributed by atoms with E-state index in [-0.39, 0.29) is 0 Å². The van der Waals surface area contributed by atoms with Crippen molar-refractivity contribution in [1.82, 2.24) is 10.6 Å². The predicted octanol–water partition coefficient (Wildman–Crippen LogP) is 2.15. The second-order valence-corrected chi connectivity index (χ2v) is 5.63. The van der Waals surface area contributed by atoms with Crippen molar-refractivity contribution in [2.45, 2.75) is 58.0 Å². The van der Waals surface area contributed by atoms with Crippen molar-refractivity contribution in [3.63, 3.8) is 0 Å². The molecule has 0 amide bonds. The van der Waals surface area contributed by atoms with Gasteiger partial charge < -0.3 is 10.6 Å². The summed E-state index contributed by atoms with van der Waals surface area (Å²) in [7, 11) is 0. The van der Waals surface area contributed by atoms with Crippen LogP contribution in [0.2, 0.25) is 0 Å². The Labute approximate surface area is 94.2 Å². The molecule has 88 valence electrons. The molecule has 2 unspecified atom stereocenters. The van der Waals surface area contributed by atoms with E-state index in [2.05, 4.69) is 24.5 Å². The molecule has 1 saturated heterocycles. The molecule has 2 rings (SSSR count). The zero-order valence-corrected chi connectivity index (χ0v) is 10.3. The lowest BCUT2D eigenvalue weighted by Gasteiger charge is -2.36. The van der Waals surface area contributed by atoms with Crippen LogP contribution in [0.1, 0.15) is 46.0 Å². The third-order valence-electron chi connectivity index (χ3n) is 4.21. The quantitative estimate of drug-likeness (QED) is 0.743. The Morgan fingerprint density at radius 2 is 2.07 bits per heavy atom. The van der Waals surface area contributed by atoms with Gasteiger partial charge in [0.05, 0.1) is 0 Å². The number of hydrogen-bond donors (Lipinski definition) is 2. The van der Waals surface area contributed by atoms with Gasteiger partial charge in [0, 0.05) is 18.6 Å². The highest BCUT2D eigenvalue weighted by molar-refractivity contribution is 4.86. The van der Waals surface area contributed by atoms with E-state index in [1.807, 2.05) is 0 Å². The second kappa shape index (κ2) is 5.31. The molecule has 2 fully saturated rings. The van der Waals surface area contributed by atoms with Crippen LogP contribution in [-0.2, 0) is 0 Å². The van der Waals surface area contributed by atoms with E-state index in [9.17, 15) is 0 Å². The number of piperidine rings is 1. The van der Waals surface area contributed by atoms with Crippen molar-refractivity contribution in [1.29, 1.82) is 0 Å². The summed E-state index contributed by atoms with van der Waals surface area (Å²) in [6.07, 6.45) is 6.91. The lowest BCUT2D eigenvalue weighted by Crippen LogP contribution is -2.49. The maximum atomic E-state index is 3.70. The molecule has 2 heteroatoms. The van der Waals surface area contributed by atoms with E-state index in [1.54, 1.807) is 0 Å². The monoisotopic (exact) mass is 210 g/mol. The van der Waals surface area contributed by atoms with Gasteiger partial charge in [0.1, 0.15) is 0 Å². The van der Waals surface area contributed by atoms with Gasteiger partial charge in [-0.2, -0.15) is 0 Å². The van der Waals surface area contributed by atoms with Gasteiger partial charge in [0.25, 0.3) is 0 Å². The molecule has 1 saturated carbocycles. The predicted molar refractivity (Wildman–Crippen MR) is 65.0 cm³/mol. The maximum absolute atomic E-state index is 3.70. The van der Waals surface area contributed by atoms with Gasteiger partial charge >= 0.3 is 0 Å². The largest absolute Gasteiger partial charge is 0.313 e. The Bertz CT molecular complexity index is 187. The third-order valence-corrected chi connectivity index (χ3v) is 4.21. The SMILES string of the molecule is CCC1CCNC(CNC2CC(C)C2)C1. The molecule has 0 aromatic carbocycles. The Balaban J connectivity index is 1.62. The number of rotatable bonds is 4. The fourth-order valence-corrected chi connectivity index (χ4v) is 3.00. The van der Waals surface area contributed by atoms with E-state index in [1.165, 1.54) is 45.2 Å². The molecule has 0 bridgehead atoms. The smallest absolute Gasteiger partial charge is 0.0195 e. The molecule has 0 aromatic heterocycles. The van der Waals surface area contributed by atoms with Crippen LogP contribution in [0.4, 0.5) is 0 Å². The first kappa shape index (κ1) is 11.4. The molecule has 1 aliphatic carbocycles. The highest BCUT2D eigenvalue weighted by Gasteiger charge is 2.26. The highest BCUT2D eigenvalue weighted by Crippen LogP contribution is 2.26. The first-order valence-corrected chi connectivity index (χ1v) is 6.74. The minimum atomic E-state index is 0.736. The molecule has 2 N–H and O–H groups in total. The van der Waals surface area contributed by atoms with Crippen LogP contribution in [0.25, 0.3) is 0 Å². The Morgan fingerprint density at radius 3 is 2.73 bits per heavy atom. The van der Waals surface area contributed by atoms with Gasteiger partial charge in [-0.1, -0.05) is 20.3 Å². The van der Waals surface area contributed by atoms with Crippen molar-refractivity contribution >= 4 is 0 Å². The first-order valence-electron chi connectivity index (χ1n) is 6.74. The number of hydrogen-bond acceptors (Lipinski definition) is 2. The summed E-state index contributed by atoms with van der Waals surface area (Å²) < 4.78 is 0. The van der Waals surface area contributed by atoms with E-state index in [0.29, 0.717) is 0 Å². The van der Waals surface area contributed by atoms with Crippen LogP contribution in [0.5, 0.6) is 0 Å². The van der Waals surface area contributed by atoms with Crippen molar-refractivity contribution in [3.8, 4) is 0 Å². The minimum absolute atomic E-state index is 0.736. The average Bonchev–Trinajstić information content (AvgIpc) is 2.23. The van der Waals surface area contributed by atoms with E-state index in [0.717, 1.165) is 23.9 Å². The minimum Gasteiger partial charge on any atom is -0.313 e. The van der Waals surface area contributed by atoms with Crippen molar-refractivity contribution in [2.24, 2.45) is 11.8 Å². The second-order valence-electron chi connectivity index (χ2n) is 5.63. The van der Waals surface area contributed by atoms with E-state index < -0.39 is 0 Å². The molecular weight excluding hydrogens is 184 g/mol. The molecule has 0 radical (unpaired) electrons. The third kappa shape index (κ3) is 3.18. The van der Waals surface area contributed by atoms with Crippen molar-refractivity contribution in [2.75, 3.05) is 13.1 Å². The van der Waals surface area contributed by atoms with Crippen LogP contribution < -0.4 is 10.6 Å². The molecule has 1 heterocycles. The Morgan fingerprint density at radius 1 is 1.27 bits per heavy atom. The van der Waals surface area contributed by atoms with Crippen LogP contribution >= 0.6 is 0 Å². The molecule has 2 nitrogen and oxygen atoms in total. The van der Waals surface area contributed by atoms with Gasteiger partial charge in [-0.25, -0.2) is 0 Å². The van der Waals surface area contributed by atoms with Gasteiger partial charge in [-0.15, -0.1) is 0 Å². The van der Waals surface area contributed by atoms with Crippen LogP contribution in [-0.4, -0.2) is 25.2 Å². The standard InChI is InChI=1S/C13H26N2/c1-3-11-4-5-14-13(8-11)9-15-12-6-10(2)7-12/h10-15H,3-9H2,1-2H3. The summed E-state index contributed by atoms with van der Waals surface area (Å²) in [5.74, 6) is 1.93. The van der Waals surface area contributed by atoms with Gasteiger partial charge in [-0.3, -0.25) is 0 Å². The highest BCUT2D eigenvalue weighted by atomic mass is 15.0. The molecule has 0 spiro atoms. The summed E-state index contributed by atoms with van der Waals surface area (Å²) in [6, 6.07) is 1.56. The van der Waals surface area contributed by atoms with Crippen LogP contribution in [0, 0.1) is 11.8 Å². The maximum Gasteiger partial charge on any atom is 0.0195 e. The van der Waals surface area contributed by atoms with E-state index >= 15 is 0 Å². The van der Waals surface area contributed by atoms with Gasteiger partial charge in [-0.05, 0) is 44.1 Å². The zero-order chi connectivity index (χ0) is 10.7. The Hall–Kier alpha value is -0.0800. The topological polar surface area (TPSA) is 24.1 Å². The van der Waals surface area contributed by atoms with Crippen molar-refractivity contribution < 1.29 is 0 Å². The molecule has 0 aromatic rings. The summed E-state index contributed by atoms with van der Waals surface area (Å²) in [4.78, 5) is 0. The molecule has 1 aliphatic heterocycles. The number of nitrogens with one attached hydrogen (secondary N) is 2. The first-order chi connectivity index (χ1) is 7.28. The van der Waals surface area contributed by atoms with E-state index in [4.69, 9.17) is 0 Å². The summed E-state index contributed by atoms with van der Waals surface area (Å²) >= 11 is 0. The van der Waals surface area contributed by atoms with Crippen LogP contribution in [0.3, 0.4) is 0 Å². The van der Waals surface area contributed by atoms with Crippen molar-refractivity contribution in [3.05, 3.63) is 0 Å². The molecule has 2 atom stereocenters. The average molecular weight is 210 g/mol. The van der Waals surface area contributed by atoms with Gasteiger partial charge in [0.2, 0.25) is 0 Å². The summed E-state index contributed by atoms with van der Waals surface area (Å²) in [5.41, 5.74) is 0. The Kier molecular flexibility index (Phi) is 4.04. The fourth-order valence-electron chi connectivity index (χ4n) is 3.00. The lowest BCUT2D eigenvalue weighted by atomic mass is 9.81. The molecule has 15 heavy (non-hydrogen) atoms. The normalized spacial score (nSPS) is 41.2. The molecule has 2 aliphatic rings. The van der Waals surface area contributed by atoms with Crippen LogP contribution in [0.15, 0.2) is 0 Å². The summed E-state index contributed by atoms with van der Waals surface area (Å²) in [5, 5.41) is 7.34. The fraction of sp³-hybridized carbons (Fsp3) is 1.00. The zero-order valence-electron chi connectivity index (χ0n) is 10.3. The lowest BCUT2D eigenvalue weighted by molar-refractivity contribution is 0.218. The molecular formula is C13H26N2. The van der Waals surface area contributed by atoms with Gasteiger partial charge in [0.15, 0.2) is 0 Å².